The van der Waals surface area contributed by atoms with Gasteiger partial charge in [-0.1, -0.05) is 96.1 Å². The Kier molecular flexibility index (Phi) is 11.9. The average molecular weight is 597 g/mol. The zero-order chi connectivity index (χ0) is 31.3. The number of rotatable bonds is 14. The molecule has 0 spiro atoms. The van der Waals surface area contributed by atoms with Gasteiger partial charge in [0.05, 0.1) is 0 Å². The fourth-order valence-corrected chi connectivity index (χ4v) is 4.60. The lowest BCUT2D eigenvalue weighted by Crippen LogP contribution is -2.40. The molecule has 4 rings (SSSR count). The maximum Gasteiger partial charge on any atom is 0.419 e. The van der Waals surface area contributed by atoms with Crippen molar-refractivity contribution in [1.82, 2.24) is 10.6 Å². The standard InChI is InChI=1S/C36H40N2O6/c1-25-15-19-29(20-16-25)41-31(27-11-7-5-8-12-27)23-33(37-3)43-35(39)36(40)44-34(38-4)24-32(28-13-9-6-10-14-28)42-30-21-17-26(2)18-22-30/h5-22,31-34,37-38H,23-24H2,1-4H3. The van der Waals surface area contributed by atoms with E-state index in [-0.39, 0.29) is 12.8 Å². The Labute approximate surface area is 259 Å². The first-order chi connectivity index (χ1) is 21.3. The molecule has 0 saturated carbocycles. The topological polar surface area (TPSA) is 95.1 Å². The number of carbonyl (C=O) groups excluding carboxylic acids is 2. The molecule has 0 aliphatic rings. The third-order valence-corrected chi connectivity index (χ3v) is 7.11. The van der Waals surface area contributed by atoms with E-state index in [9.17, 15) is 9.59 Å². The molecule has 0 bridgehead atoms. The van der Waals surface area contributed by atoms with Crippen LogP contribution in [-0.4, -0.2) is 38.5 Å². The summed E-state index contributed by atoms with van der Waals surface area (Å²) in [6.45, 7) is 4.01. The number of aryl methyl sites for hydroxylation is 2. The Hall–Kier alpha value is -4.66. The number of benzene rings is 4. The van der Waals surface area contributed by atoms with Crippen molar-refractivity contribution in [3.05, 3.63) is 131 Å². The fourth-order valence-electron chi connectivity index (χ4n) is 4.60. The molecular formula is C36H40N2O6. The van der Waals surface area contributed by atoms with Crippen LogP contribution in [0.25, 0.3) is 0 Å². The summed E-state index contributed by atoms with van der Waals surface area (Å²) >= 11 is 0. The zero-order valence-electron chi connectivity index (χ0n) is 25.6. The van der Waals surface area contributed by atoms with Crippen LogP contribution < -0.4 is 20.1 Å². The zero-order valence-corrected chi connectivity index (χ0v) is 25.6. The third kappa shape index (κ3) is 9.69. The van der Waals surface area contributed by atoms with E-state index in [1.165, 1.54) is 0 Å². The van der Waals surface area contributed by atoms with Crippen LogP contribution in [0.4, 0.5) is 0 Å². The highest BCUT2D eigenvalue weighted by atomic mass is 16.6. The van der Waals surface area contributed by atoms with Crippen LogP contribution >= 0.6 is 0 Å². The van der Waals surface area contributed by atoms with Crippen LogP contribution in [0.5, 0.6) is 11.5 Å². The Balaban J connectivity index is 1.40. The molecule has 8 nitrogen and oxygen atoms in total. The van der Waals surface area contributed by atoms with Crippen molar-refractivity contribution in [2.24, 2.45) is 0 Å². The molecule has 4 atom stereocenters. The molecule has 4 aromatic rings. The number of carbonyl (C=O) groups is 2. The van der Waals surface area contributed by atoms with Crippen LogP contribution in [0.2, 0.25) is 0 Å². The molecule has 4 aromatic carbocycles. The fraction of sp³-hybridized carbons (Fsp3) is 0.278. The molecule has 0 heterocycles. The summed E-state index contributed by atoms with van der Waals surface area (Å²) in [6.07, 6.45) is -2.03. The van der Waals surface area contributed by atoms with Gasteiger partial charge in [0, 0.05) is 12.8 Å². The van der Waals surface area contributed by atoms with Crippen LogP contribution in [0.15, 0.2) is 109 Å². The van der Waals surface area contributed by atoms with E-state index in [0.29, 0.717) is 11.5 Å². The Morgan fingerprint density at radius 3 is 1.20 bits per heavy atom. The summed E-state index contributed by atoms with van der Waals surface area (Å²) in [5.74, 6) is -0.851. The van der Waals surface area contributed by atoms with Gasteiger partial charge in [0.1, 0.15) is 23.7 Å². The van der Waals surface area contributed by atoms with Gasteiger partial charge in [-0.3, -0.25) is 10.6 Å². The van der Waals surface area contributed by atoms with E-state index in [1.54, 1.807) is 14.1 Å². The quantitative estimate of drug-likeness (QED) is 0.101. The summed E-state index contributed by atoms with van der Waals surface area (Å²) in [6, 6.07) is 34.7. The van der Waals surface area contributed by atoms with E-state index in [1.807, 2.05) is 123 Å². The maximum atomic E-state index is 12.9. The van der Waals surface area contributed by atoms with Gasteiger partial charge in [-0.2, -0.15) is 0 Å². The summed E-state index contributed by atoms with van der Waals surface area (Å²) in [7, 11) is 3.31. The lowest BCUT2D eigenvalue weighted by atomic mass is 10.1. The minimum absolute atomic E-state index is 0.253. The summed E-state index contributed by atoms with van der Waals surface area (Å²) in [4.78, 5) is 25.8. The molecule has 0 radical (unpaired) electrons. The Morgan fingerprint density at radius 1 is 0.545 bits per heavy atom. The van der Waals surface area contributed by atoms with Gasteiger partial charge in [-0.15, -0.1) is 0 Å². The molecule has 44 heavy (non-hydrogen) atoms. The molecule has 4 unspecified atom stereocenters. The van der Waals surface area contributed by atoms with Crippen molar-refractivity contribution >= 4 is 11.9 Å². The van der Waals surface area contributed by atoms with Crippen molar-refractivity contribution in [2.75, 3.05) is 14.1 Å². The second-order valence-electron chi connectivity index (χ2n) is 10.5. The Bertz CT molecular complexity index is 1330. The number of ether oxygens (including phenoxy) is 4. The first-order valence-corrected chi connectivity index (χ1v) is 14.7. The van der Waals surface area contributed by atoms with Gasteiger partial charge in [0.15, 0.2) is 12.5 Å². The number of hydrogen-bond donors (Lipinski definition) is 2. The highest BCUT2D eigenvalue weighted by Gasteiger charge is 2.29. The maximum absolute atomic E-state index is 12.9. The normalized spacial score (nSPS) is 13.6. The minimum atomic E-state index is -1.11. The predicted molar refractivity (Wildman–Crippen MR) is 169 cm³/mol. The first-order valence-electron chi connectivity index (χ1n) is 14.7. The van der Waals surface area contributed by atoms with Gasteiger partial charge in [0.25, 0.3) is 0 Å². The van der Waals surface area contributed by atoms with Crippen LogP contribution in [0.1, 0.15) is 47.3 Å². The van der Waals surface area contributed by atoms with Gasteiger partial charge in [-0.25, -0.2) is 9.59 Å². The van der Waals surface area contributed by atoms with Crippen molar-refractivity contribution in [3.63, 3.8) is 0 Å². The first kappa shape index (κ1) is 32.3. The molecule has 0 fully saturated rings. The number of nitrogens with one attached hydrogen (secondary N) is 2. The lowest BCUT2D eigenvalue weighted by Gasteiger charge is -2.26. The third-order valence-electron chi connectivity index (χ3n) is 7.11. The second-order valence-corrected chi connectivity index (χ2v) is 10.5. The molecule has 0 saturated heterocycles. The van der Waals surface area contributed by atoms with Gasteiger partial charge < -0.3 is 18.9 Å². The van der Waals surface area contributed by atoms with Crippen LogP contribution in [0.3, 0.4) is 0 Å². The monoisotopic (exact) mass is 596 g/mol. The van der Waals surface area contributed by atoms with Gasteiger partial charge in [0.2, 0.25) is 0 Å². The van der Waals surface area contributed by atoms with Gasteiger partial charge >= 0.3 is 11.9 Å². The largest absolute Gasteiger partial charge is 0.486 e. The summed E-state index contributed by atoms with van der Waals surface area (Å²) in [5.41, 5.74) is 4.04. The highest BCUT2D eigenvalue weighted by Crippen LogP contribution is 2.28. The van der Waals surface area contributed by atoms with Crippen molar-refractivity contribution in [3.8, 4) is 11.5 Å². The smallest absolute Gasteiger partial charge is 0.419 e. The predicted octanol–water partition coefficient (Wildman–Crippen LogP) is 6.20. The molecule has 2 N–H and O–H groups in total. The molecule has 0 aliphatic heterocycles. The molecule has 0 amide bonds. The SMILES string of the molecule is CNC(CC(Oc1ccc(C)cc1)c1ccccc1)OC(=O)C(=O)OC(CC(Oc1ccc(C)cc1)c1ccccc1)NC. The molecular weight excluding hydrogens is 556 g/mol. The average Bonchev–Trinajstić information content (AvgIpc) is 3.05. The van der Waals surface area contributed by atoms with Crippen LogP contribution in [-0.2, 0) is 19.1 Å². The van der Waals surface area contributed by atoms with Crippen molar-refractivity contribution in [1.29, 1.82) is 0 Å². The summed E-state index contributed by atoms with van der Waals surface area (Å²) in [5, 5.41) is 5.94. The molecule has 8 heteroatoms. The number of esters is 2. The van der Waals surface area contributed by atoms with Crippen molar-refractivity contribution in [2.45, 2.75) is 51.4 Å². The molecule has 230 valence electrons. The van der Waals surface area contributed by atoms with Gasteiger partial charge in [-0.05, 0) is 63.3 Å². The molecule has 0 aromatic heterocycles. The van der Waals surface area contributed by atoms with E-state index < -0.39 is 36.6 Å². The minimum Gasteiger partial charge on any atom is -0.486 e. The van der Waals surface area contributed by atoms with E-state index in [2.05, 4.69) is 10.6 Å². The lowest BCUT2D eigenvalue weighted by molar-refractivity contribution is -0.177. The van der Waals surface area contributed by atoms with E-state index >= 15 is 0 Å². The highest BCUT2D eigenvalue weighted by molar-refractivity contribution is 6.29. The molecule has 0 aliphatic carbocycles. The Morgan fingerprint density at radius 2 is 0.886 bits per heavy atom. The van der Waals surface area contributed by atoms with E-state index in [4.69, 9.17) is 18.9 Å². The second kappa shape index (κ2) is 16.3. The number of hydrogen-bond acceptors (Lipinski definition) is 8. The summed E-state index contributed by atoms with van der Waals surface area (Å²) < 4.78 is 23.7. The van der Waals surface area contributed by atoms with Crippen LogP contribution in [0, 0.1) is 13.8 Å². The van der Waals surface area contributed by atoms with E-state index in [0.717, 1.165) is 22.3 Å². The van der Waals surface area contributed by atoms with Crippen molar-refractivity contribution < 1.29 is 28.5 Å².